The van der Waals surface area contributed by atoms with Gasteiger partial charge in [-0.2, -0.15) is 0 Å². The summed E-state index contributed by atoms with van der Waals surface area (Å²) < 4.78 is 5.30. The highest BCUT2D eigenvalue weighted by Crippen LogP contribution is 2.47. The average Bonchev–Trinajstić information content (AvgIpc) is 2.74. The van der Waals surface area contributed by atoms with E-state index >= 15 is 0 Å². The summed E-state index contributed by atoms with van der Waals surface area (Å²) in [6.45, 7) is 6.38. The van der Waals surface area contributed by atoms with Crippen molar-refractivity contribution >= 4 is 23.4 Å². The minimum Gasteiger partial charge on any atom is -0.497 e. The quantitative estimate of drug-likeness (QED) is 0.338. The molecule has 0 saturated heterocycles. The third kappa shape index (κ3) is 4.49. The lowest BCUT2D eigenvalue weighted by atomic mass is 9.69. The van der Waals surface area contributed by atoms with Crippen molar-refractivity contribution in [3.05, 3.63) is 57.0 Å². The number of aromatic nitrogens is 2. The summed E-state index contributed by atoms with van der Waals surface area (Å²) in [6.07, 6.45) is 4.61. The van der Waals surface area contributed by atoms with Crippen LogP contribution in [0.15, 0.2) is 45.5 Å². The monoisotopic (exact) mass is 453 g/mol. The number of H-pyrrole nitrogens is 1. The number of hydrogen-bond acceptors (Lipinski definition) is 6. The van der Waals surface area contributed by atoms with Crippen molar-refractivity contribution in [2.45, 2.75) is 63.9 Å². The second kappa shape index (κ2) is 9.14. The van der Waals surface area contributed by atoms with Crippen LogP contribution in [-0.4, -0.2) is 28.6 Å². The summed E-state index contributed by atoms with van der Waals surface area (Å²) in [7, 11) is 1.62. The summed E-state index contributed by atoms with van der Waals surface area (Å²) in [5, 5.41) is 4.00. The number of anilines is 1. The van der Waals surface area contributed by atoms with E-state index in [1.165, 1.54) is 0 Å². The fourth-order valence-corrected chi connectivity index (χ4v) is 5.47. The molecule has 1 aliphatic heterocycles. The van der Waals surface area contributed by atoms with E-state index in [0.29, 0.717) is 28.5 Å². The zero-order chi connectivity index (χ0) is 22.9. The number of thioether (sulfide) groups is 1. The summed E-state index contributed by atoms with van der Waals surface area (Å²) in [5.74, 6) is 1.87. The molecule has 32 heavy (non-hydrogen) atoms. The van der Waals surface area contributed by atoms with Crippen LogP contribution < -0.4 is 15.6 Å². The van der Waals surface area contributed by atoms with E-state index in [1.807, 2.05) is 24.3 Å². The molecule has 1 unspecified atom stereocenters. The fraction of sp³-hybridized carbons (Fsp3) is 0.480. The van der Waals surface area contributed by atoms with Gasteiger partial charge in [0, 0.05) is 29.4 Å². The van der Waals surface area contributed by atoms with Gasteiger partial charge >= 0.3 is 0 Å². The van der Waals surface area contributed by atoms with Crippen molar-refractivity contribution in [1.29, 1.82) is 0 Å². The minimum atomic E-state index is -0.439. The third-order valence-electron chi connectivity index (χ3n) is 6.14. The zero-order valence-corrected chi connectivity index (χ0v) is 20.0. The summed E-state index contributed by atoms with van der Waals surface area (Å²) in [6, 6.07) is 7.61. The van der Waals surface area contributed by atoms with Crippen LogP contribution in [0.5, 0.6) is 5.75 Å². The first-order chi connectivity index (χ1) is 15.3. The molecule has 1 aromatic heterocycles. The Labute approximate surface area is 193 Å². The van der Waals surface area contributed by atoms with Crippen LogP contribution >= 0.6 is 11.8 Å². The Hall–Kier alpha value is -2.54. The highest BCUT2D eigenvalue weighted by Gasteiger charge is 2.42. The average molecular weight is 454 g/mol. The maximum Gasteiger partial charge on any atom is 0.257 e. The van der Waals surface area contributed by atoms with Gasteiger partial charge in [-0.05, 0) is 36.0 Å². The SMILES string of the molecule is CCCCCSc1nc2c(c(=O)[nH]1)C(c1ccc(OC)cc1)C1=C(CC(C)(C)CC1=O)N2. The smallest absolute Gasteiger partial charge is 0.257 e. The first-order valence-electron chi connectivity index (χ1n) is 11.3. The number of allylic oxidation sites excluding steroid dienone is 2. The number of unbranched alkanes of at least 4 members (excludes halogenated alkanes) is 2. The summed E-state index contributed by atoms with van der Waals surface area (Å²) in [5.41, 5.74) is 2.66. The van der Waals surface area contributed by atoms with Crippen molar-refractivity contribution in [3.63, 3.8) is 0 Å². The number of fused-ring (bicyclic) bond motifs is 1. The van der Waals surface area contributed by atoms with Crippen LogP contribution in [0.4, 0.5) is 5.82 Å². The Balaban J connectivity index is 1.80. The molecular weight excluding hydrogens is 422 g/mol. The van der Waals surface area contributed by atoms with Crippen molar-refractivity contribution in [1.82, 2.24) is 9.97 Å². The molecule has 2 N–H and O–H groups in total. The molecule has 2 aromatic rings. The van der Waals surface area contributed by atoms with Gasteiger partial charge in [0.2, 0.25) is 0 Å². The lowest BCUT2D eigenvalue weighted by Crippen LogP contribution is -2.37. The van der Waals surface area contributed by atoms with Crippen molar-refractivity contribution in [2.24, 2.45) is 5.41 Å². The number of carbonyl (C=O) groups is 1. The number of methoxy groups -OCH3 is 1. The number of benzene rings is 1. The Morgan fingerprint density at radius 1 is 1.16 bits per heavy atom. The molecular formula is C25H31N3O3S. The molecule has 4 rings (SSSR count). The van der Waals surface area contributed by atoms with Gasteiger partial charge in [0.15, 0.2) is 10.9 Å². The van der Waals surface area contributed by atoms with Crippen molar-refractivity contribution in [2.75, 3.05) is 18.2 Å². The Bertz CT molecular complexity index is 1100. The molecule has 170 valence electrons. The van der Waals surface area contributed by atoms with Crippen molar-refractivity contribution in [3.8, 4) is 5.75 Å². The number of carbonyl (C=O) groups excluding carboxylic acids is 1. The molecule has 1 atom stereocenters. The fourth-order valence-electron chi connectivity index (χ4n) is 4.61. The normalized spacial score (nSPS) is 19.2. The number of ether oxygens (including phenoxy) is 1. The van der Waals surface area contributed by atoms with Crippen LogP contribution in [0.3, 0.4) is 0 Å². The molecule has 7 heteroatoms. The topological polar surface area (TPSA) is 84.1 Å². The highest BCUT2D eigenvalue weighted by atomic mass is 32.2. The molecule has 0 bridgehead atoms. The first-order valence-corrected chi connectivity index (χ1v) is 12.3. The third-order valence-corrected chi connectivity index (χ3v) is 7.10. The molecule has 6 nitrogen and oxygen atoms in total. The van der Waals surface area contributed by atoms with E-state index in [2.05, 4.69) is 31.1 Å². The van der Waals surface area contributed by atoms with Crippen LogP contribution in [-0.2, 0) is 4.79 Å². The van der Waals surface area contributed by atoms with E-state index in [0.717, 1.165) is 48.4 Å². The van der Waals surface area contributed by atoms with Gasteiger partial charge in [0.25, 0.3) is 5.56 Å². The molecule has 0 spiro atoms. The lowest BCUT2D eigenvalue weighted by Gasteiger charge is -2.38. The van der Waals surface area contributed by atoms with Gasteiger partial charge in [0.05, 0.1) is 12.7 Å². The van der Waals surface area contributed by atoms with Crippen molar-refractivity contribution < 1.29 is 9.53 Å². The number of rotatable bonds is 7. The standard InChI is InChI=1S/C25H31N3O3S/c1-5-6-7-12-32-24-27-22-21(23(30)28-24)19(15-8-10-16(31-4)11-9-15)20-17(26-22)13-25(2,3)14-18(20)29/h8-11,19H,5-7,12-14H2,1-4H3,(H2,26,27,28,30). The highest BCUT2D eigenvalue weighted by molar-refractivity contribution is 7.99. The van der Waals surface area contributed by atoms with Gasteiger partial charge < -0.3 is 15.0 Å². The molecule has 0 amide bonds. The van der Waals surface area contributed by atoms with E-state index in [9.17, 15) is 9.59 Å². The Morgan fingerprint density at radius 3 is 2.59 bits per heavy atom. The number of Topliss-reactive ketones (excluding diaryl/α,β-unsaturated/α-hetero) is 1. The van der Waals surface area contributed by atoms with E-state index in [1.54, 1.807) is 18.9 Å². The number of hydrogen-bond donors (Lipinski definition) is 2. The zero-order valence-electron chi connectivity index (χ0n) is 19.2. The Kier molecular flexibility index (Phi) is 6.47. The van der Waals surface area contributed by atoms with Gasteiger partial charge in [-0.1, -0.05) is 57.5 Å². The van der Waals surface area contributed by atoms with Gasteiger partial charge in [-0.25, -0.2) is 4.98 Å². The number of nitrogens with one attached hydrogen (secondary N) is 2. The van der Waals surface area contributed by atoms with E-state index in [4.69, 9.17) is 9.72 Å². The first kappa shape index (κ1) is 22.6. The second-order valence-electron chi connectivity index (χ2n) is 9.35. The number of nitrogens with zero attached hydrogens (tertiary/aromatic N) is 1. The molecule has 0 saturated carbocycles. The largest absolute Gasteiger partial charge is 0.497 e. The van der Waals surface area contributed by atoms with E-state index < -0.39 is 5.92 Å². The van der Waals surface area contributed by atoms with Crippen LogP contribution in [0.25, 0.3) is 0 Å². The molecule has 2 heterocycles. The van der Waals surface area contributed by atoms with Gasteiger partial charge in [-0.3, -0.25) is 9.59 Å². The molecule has 0 fully saturated rings. The molecule has 0 radical (unpaired) electrons. The number of ketones is 1. The summed E-state index contributed by atoms with van der Waals surface area (Å²) >= 11 is 1.57. The predicted molar refractivity (Wildman–Crippen MR) is 129 cm³/mol. The van der Waals surface area contributed by atoms with Crippen LogP contribution in [0.1, 0.15) is 69.9 Å². The maximum absolute atomic E-state index is 13.3. The molecule has 1 aromatic carbocycles. The van der Waals surface area contributed by atoms with Crippen LogP contribution in [0, 0.1) is 5.41 Å². The van der Waals surface area contributed by atoms with Crippen LogP contribution in [0.2, 0.25) is 0 Å². The summed E-state index contributed by atoms with van der Waals surface area (Å²) in [4.78, 5) is 34.3. The predicted octanol–water partition coefficient (Wildman–Crippen LogP) is 5.26. The molecule has 2 aliphatic rings. The van der Waals surface area contributed by atoms with E-state index in [-0.39, 0.29) is 16.8 Å². The second-order valence-corrected chi connectivity index (χ2v) is 10.4. The maximum atomic E-state index is 13.3. The minimum absolute atomic E-state index is 0.0904. The lowest BCUT2D eigenvalue weighted by molar-refractivity contribution is -0.118. The van der Waals surface area contributed by atoms with Gasteiger partial charge in [-0.15, -0.1) is 0 Å². The Morgan fingerprint density at radius 2 is 1.91 bits per heavy atom. The van der Waals surface area contributed by atoms with Gasteiger partial charge in [0.1, 0.15) is 11.6 Å². The number of aromatic amines is 1. The molecule has 1 aliphatic carbocycles.